The highest BCUT2D eigenvalue weighted by atomic mass is 35.5. The molecule has 0 unspecified atom stereocenters. The van der Waals surface area contributed by atoms with Crippen LogP contribution in [0.15, 0.2) is 36.4 Å². The standard InChI is InChI=1S/C17H16Cl2FN3O3/c1-26-15-5-3-11(9-14(15)20)23-17(25)22-7-6-21-16(24)10-2-4-12(18)13(19)8-10/h2-5,8-9H,6-7H2,1H3,(H,21,24)(H2,22,23,25). The van der Waals surface area contributed by atoms with Crippen molar-refractivity contribution in [1.29, 1.82) is 0 Å². The van der Waals surface area contributed by atoms with Crippen molar-refractivity contribution in [2.45, 2.75) is 0 Å². The molecule has 0 atom stereocenters. The highest BCUT2D eigenvalue weighted by molar-refractivity contribution is 6.42. The van der Waals surface area contributed by atoms with Gasteiger partial charge in [0.2, 0.25) is 0 Å². The Balaban J connectivity index is 1.75. The summed E-state index contributed by atoms with van der Waals surface area (Å²) >= 11 is 11.6. The number of methoxy groups -OCH3 is 1. The summed E-state index contributed by atoms with van der Waals surface area (Å²) in [7, 11) is 1.35. The van der Waals surface area contributed by atoms with Crippen LogP contribution in [0.1, 0.15) is 10.4 Å². The fraction of sp³-hybridized carbons (Fsp3) is 0.176. The molecule has 0 saturated carbocycles. The van der Waals surface area contributed by atoms with Crippen LogP contribution >= 0.6 is 23.2 Å². The lowest BCUT2D eigenvalue weighted by molar-refractivity contribution is 0.0954. The minimum absolute atomic E-state index is 0.0842. The molecule has 6 nitrogen and oxygen atoms in total. The van der Waals surface area contributed by atoms with Crippen LogP contribution in [0.25, 0.3) is 0 Å². The number of ether oxygens (including phenoxy) is 1. The summed E-state index contributed by atoms with van der Waals surface area (Å²) in [5, 5.41) is 8.29. The topological polar surface area (TPSA) is 79.5 Å². The van der Waals surface area contributed by atoms with E-state index in [1.54, 1.807) is 6.07 Å². The molecule has 0 aliphatic heterocycles. The van der Waals surface area contributed by atoms with Crippen molar-refractivity contribution in [1.82, 2.24) is 10.6 Å². The molecule has 0 radical (unpaired) electrons. The highest BCUT2D eigenvalue weighted by Crippen LogP contribution is 2.22. The predicted octanol–water partition coefficient (Wildman–Crippen LogP) is 3.69. The molecule has 0 heterocycles. The first-order chi connectivity index (χ1) is 12.4. The number of hydrogen-bond donors (Lipinski definition) is 3. The van der Waals surface area contributed by atoms with Crippen LogP contribution in [0.4, 0.5) is 14.9 Å². The summed E-state index contributed by atoms with van der Waals surface area (Å²) in [6.45, 7) is 0.376. The predicted molar refractivity (Wildman–Crippen MR) is 98.8 cm³/mol. The molecule has 0 aliphatic carbocycles. The zero-order valence-corrected chi connectivity index (χ0v) is 15.2. The van der Waals surface area contributed by atoms with Crippen molar-refractivity contribution in [2.24, 2.45) is 0 Å². The maximum atomic E-state index is 13.5. The fourth-order valence-corrected chi connectivity index (χ4v) is 2.31. The van der Waals surface area contributed by atoms with Gasteiger partial charge in [-0.3, -0.25) is 4.79 Å². The minimum Gasteiger partial charge on any atom is -0.494 e. The normalized spacial score (nSPS) is 10.2. The Morgan fingerprint density at radius 2 is 1.77 bits per heavy atom. The molecule has 3 amide bonds. The van der Waals surface area contributed by atoms with Gasteiger partial charge >= 0.3 is 6.03 Å². The Morgan fingerprint density at radius 3 is 2.42 bits per heavy atom. The van der Waals surface area contributed by atoms with E-state index in [4.69, 9.17) is 27.9 Å². The van der Waals surface area contributed by atoms with Crippen molar-refractivity contribution in [3.8, 4) is 5.75 Å². The molecule has 2 aromatic carbocycles. The molecule has 0 bridgehead atoms. The summed E-state index contributed by atoms with van der Waals surface area (Å²) in [6, 6.07) is 8.05. The smallest absolute Gasteiger partial charge is 0.319 e. The number of rotatable bonds is 6. The van der Waals surface area contributed by atoms with E-state index in [0.717, 1.165) is 6.07 Å². The van der Waals surface area contributed by atoms with Gasteiger partial charge in [0.15, 0.2) is 11.6 Å². The van der Waals surface area contributed by atoms with Gasteiger partial charge in [-0.05, 0) is 30.3 Å². The van der Waals surface area contributed by atoms with Crippen molar-refractivity contribution in [3.63, 3.8) is 0 Å². The Kier molecular flexibility index (Phi) is 7.06. The molecule has 9 heteroatoms. The van der Waals surface area contributed by atoms with E-state index in [2.05, 4.69) is 16.0 Å². The van der Waals surface area contributed by atoms with Crippen LogP contribution in [0.5, 0.6) is 5.75 Å². The lowest BCUT2D eigenvalue weighted by atomic mass is 10.2. The number of nitrogens with one attached hydrogen (secondary N) is 3. The molecule has 0 spiro atoms. The Morgan fingerprint density at radius 1 is 1.04 bits per heavy atom. The van der Waals surface area contributed by atoms with Gasteiger partial charge in [-0.2, -0.15) is 0 Å². The van der Waals surface area contributed by atoms with Gasteiger partial charge in [0.1, 0.15) is 0 Å². The number of hydrogen-bond acceptors (Lipinski definition) is 3. The third-order valence-corrected chi connectivity index (χ3v) is 4.03. The molecule has 0 fully saturated rings. The van der Waals surface area contributed by atoms with Crippen molar-refractivity contribution >= 4 is 40.8 Å². The van der Waals surface area contributed by atoms with Crippen LogP contribution in [0, 0.1) is 5.82 Å². The largest absolute Gasteiger partial charge is 0.494 e. The van der Waals surface area contributed by atoms with Crippen molar-refractivity contribution < 1.29 is 18.7 Å². The summed E-state index contributed by atoms with van der Waals surface area (Å²) in [6.07, 6.45) is 0. The molecule has 26 heavy (non-hydrogen) atoms. The maximum Gasteiger partial charge on any atom is 0.319 e. The van der Waals surface area contributed by atoms with Crippen molar-refractivity contribution in [2.75, 3.05) is 25.5 Å². The molecule has 2 rings (SSSR count). The second kappa shape index (κ2) is 9.26. The van der Waals surface area contributed by atoms with Gasteiger partial charge in [0, 0.05) is 30.4 Å². The van der Waals surface area contributed by atoms with Crippen LogP contribution in [-0.2, 0) is 0 Å². The number of carbonyl (C=O) groups is 2. The van der Waals surface area contributed by atoms with Crippen LogP contribution < -0.4 is 20.7 Å². The second-order valence-corrected chi connectivity index (χ2v) is 5.93. The van der Waals surface area contributed by atoms with Gasteiger partial charge < -0.3 is 20.7 Å². The van der Waals surface area contributed by atoms with Crippen LogP contribution in [0.3, 0.4) is 0 Å². The average Bonchev–Trinajstić information content (AvgIpc) is 2.61. The summed E-state index contributed by atoms with van der Waals surface area (Å²) < 4.78 is 18.3. The Labute approximate surface area is 159 Å². The number of urea groups is 1. The highest BCUT2D eigenvalue weighted by Gasteiger charge is 2.09. The van der Waals surface area contributed by atoms with E-state index in [0.29, 0.717) is 10.6 Å². The van der Waals surface area contributed by atoms with Gasteiger partial charge in [-0.25, -0.2) is 9.18 Å². The van der Waals surface area contributed by atoms with Gasteiger partial charge in [-0.15, -0.1) is 0 Å². The molecular weight excluding hydrogens is 384 g/mol. The third-order valence-electron chi connectivity index (χ3n) is 3.29. The zero-order valence-electron chi connectivity index (χ0n) is 13.7. The average molecular weight is 400 g/mol. The van der Waals surface area contributed by atoms with Crippen LogP contribution in [-0.4, -0.2) is 32.1 Å². The van der Waals surface area contributed by atoms with Gasteiger partial charge in [0.25, 0.3) is 5.91 Å². The molecule has 0 saturated heterocycles. The number of carbonyl (C=O) groups excluding carboxylic acids is 2. The number of benzene rings is 2. The van der Waals surface area contributed by atoms with E-state index in [1.807, 2.05) is 0 Å². The first kappa shape index (κ1) is 19.8. The third kappa shape index (κ3) is 5.50. The van der Waals surface area contributed by atoms with E-state index in [9.17, 15) is 14.0 Å². The van der Waals surface area contributed by atoms with Crippen LogP contribution in [0.2, 0.25) is 10.0 Å². The molecule has 3 N–H and O–H groups in total. The zero-order chi connectivity index (χ0) is 19.1. The van der Waals surface area contributed by atoms with Crippen molar-refractivity contribution in [3.05, 3.63) is 57.8 Å². The minimum atomic E-state index is -0.584. The summed E-state index contributed by atoms with van der Waals surface area (Å²) in [4.78, 5) is 23.7. The molecule has 0 aliphatic rings. The van der Waals surface area contributed by atoms with E-state index >= 15 is 0 Å². The molecular formula is C17H16Cl2FN3O3. The lowest BCUT2D eigenvalue weighted by Crippen LogP contribution is -2.36. The number of halogens is 3. The quantitative estimate of drug-likeness (QED) is 0.648. The van der Waals surface area contributed by atoms with E-state index in [1.165, 1.54) is 31.4 Å². The number of anilines is 1. The number of amides is 3. The van der Waals surface area contributed by atoms with Gasteiger partial charge in [0.05, 0.1) is 17.2 Å². The first-order valence-corrected chi connectivity index (χ1v) is 8.28. The monoisotopic (exact) mass is 399 g/mol. The summed E-state index contributed by atoms with van der Waals surface area (Å²) in [5.41, 5.74) is 0.637. The van der Waals surface area contributed by atoms with E-state index in [-0.39, 0.29) is 35.5 Å². The Bertz CT molecular complexity index is 818. The first-order valence-electron chi connectivity index (χ1n) is 7.52. The second-order valence-electron chi connectivity index (χ2n) is 5.12. The molecule has 0 aromatic heterocycles. The molecule has 2 aromatic rings. The maximum absolute atomic E-state index is 13.5. The summed E-state index contributed by atoms with van der Waals surface area (Å²) in [5.74, 6) is -0.844. The van der Waals surface area contributed by atoms with E-state index < -0.39 is 11.8 Å². The Hall–Kier alpha value is -2.51. The SMILES string of the molecule is COc1ccc(NC(=O)NCCNC(=O)c2ccc(Cl)c(Cl)c2)cc1F. The fourth-order valence-electron chi connectivity index (χ4n) is 2.01. The van der Waals surface area contributed by atoms with Gasteiger partial charge in [-0.1, -0.05) is 23.2 Å². The lowest BCUT2D eigenvalue weighted by Gasteiger charge is -2.10. The molecule has 138 valence electrons.